The zero-order chi connectivity index (χ0) is 16.7. The zero-order valence-corrected chi connectivity index (χ0v) is 12.7. The van der Waals surface area contributed by atoms with Crippen LogP contribution in [0.4, 0.5) is 4.39 Å². The number of carboxylic acid groups (broad SMARTS) is 1. The van der Waals surface area contributed by atoms with Gasteiger partial charge in [0.15, 0.2) is 11.6 Å². The second-order valence-electron chi connectivity index (χ2n) is 5.43. The van der Waals surface area contributed by atoms with E-state index in [1.807, 2.05) is 0 Å². The Morgan fingerprint density at radius 1 is 1.30 bits per heavy atom. The van der Waals surface area contributed by atoms with E-state index in [0.717, 1.165) is 0 Å². The van der Waals surface area contributed by atoms with Gasteiger partial charge in [0.05, 0.1) is 6.61 Å². The van der Waals surface area contributed by atoms with E-state index in [-0.39, 0.29) is 37.5 Å². The number of carbonyl (C=O) groups is 2. The molecule has 1 heterocycles. The Morgan fingerprint density at radius 3 is 2.65 bits per heavy atom. The molecule has 0 aliphatic carbocycles. The van der Waals surface area contributed by atoms with Crippen LogP contribution in [0.1, 0.15) is 25.7 Å². The number of amides is 1. The molecule has 126 valence electrons. The minimum Gasteiger partial charge on any atom is -0.491 e. The topological polar surface area (TPSA) is 84.9 Å². The fourth-order valence-corrected chi connectivity index (χ4v) is 2.42. The summed E-state index contributed by atoms with van der Waals surface area (Å²) in [6, 6.07) is 6.03. The molecular weight excluding hydrogens is 305 g/mol. The van der Waals surface area contributed by atoms with Crippen molar-refractivity contribution in [3.8, 4) is 5.75 Å². The number of hydrogen-bond donors (Lipinski definition) is 2. The molecule has 1 aliphatic heterocycles. The normalized spacial score (nSPS) is 16.6. The Hall–Kier alpha value is -2.15. The molecule has 2 rings (SSSR count). The van der Waals surface area contributed by atoms with E-state index >= 15 is 0 Å². The van der Waals surface area contributed by atoms with Crippen LogP contribution < -0.4 is 10.1 Å². The van der Waals surface area contributed by atoms with E-state index in [2.05, 4.69) is 5.32 Å². The largest absolute Gasteiger partial charge is 0.491 e. The number of benzene rings is 1. The Balaban J connectivity index is 1.76. The predicted molar refractivity (Wildman–Crippen MR) is 79.7 cm³/mol. The van der Waals surface area contributed by atoms with Crippen LogP contribution in [0.3, 0.4) is 0 Å². The highest BCUT2D eigenvalue weighted by Gasteiger charge is 2.41. The highest BCUT2D eigenvalue weighted by molar-refractivity contribution is 5.87. The molecule has 1 aliphatic rings. The van der Waals surface area contributed by atoms with Gasteiger partial charge in [-0.15, -0.1) is 0 Å². The molecule has 0 bridgehead atoms. The summed E-state index contributed by atoms with van der Waals surface area (Å²) in [5.41, 5.74) is -1.25. The van der Waals surface area contributed by atoms with Gasteiger partial charge in [-0.05, 0) is 18.6 Å². The van der Waals surface area contributed by atoms with Crippen LogP contribution in [-0.2, 0) is 14.3 Å². The lowest BCUT2D eigenvalue weighted by Gasteiger charge is -2.33. The molecule has 0 unspecified atom stereocenters. The molecule has 7 heteroatoms. The number of carboxylic acids is 1. The van der Waals surface area contributed by atoms with Gasteiger partial charge in [0, 0.05) is 32.5 Å². The summed E-state index contributed by atoms with van der Waals surface area (Å²) in [5, 5.41) is 11.9. The fourth-order valence-electron chi connectivity index (χ4n) is 2.42. The SMILES string of the molecule is O=C(CCCOc1ccccc1F)NC1(C(=O)O)CCOCC1. The van der Waals surface area contributed by atoms with Gasteiger partial charge in [0.2, 0.25) is 5.91 Å². The molecule has 1 aromatic rings. The first-order chi connectivity index (χ1) is 11.0. The van der Waals surface area contributed by atoms with E-state index in [9.17, 15) is 19.1 Å². The van der Waals surface area contributed by atoms with Crippen LogP contribution in [-0.4, -0.2) is 42.3 Å². The first kappa shape index (κ1) is 17.2. The molecule has 0 spiro atoms. The van der Waals surface area contributed by atoms with E-state index in [4.69, 9.17) is 9.47 Å². The van der Waals surface area contributed by atoms with Crippen molar-refractivity contribution in [1.82, 2.24) is 5.32 Å². The van der Waals surface area contributed by atoms with Gasteiger partial charge in [-0.25, -0.2) is 9.18 Å². The quantitative estimate of drug-likeness (QED) is 0.746. The molecular formula is C16H20FNO5. The van der Waals surface area contributed by atoms with Crippen molar-refractivity contribution in [1.29, 1.82) is 0 Å². The molecule has 6 nitrogen and oxygen atoms in total. The summed E-state index contributed by atoms with van der Waals surface area (Å²) in [6.45, 7) is 0.795. The lowest BCUT2D eigenvalue weighted by Crippen LogP contribution is -2.57. The van der Waals surface area contributed by atoms with Crippen LogP contribution >= 0.6 is 0 Å². The Morgan fingerprint density at radius 2 is 2.00 bits per heavy atom. The van der Waals surface area contributed by atoms with Gasteiger partial charge < -0.3 is 19.9 Å². The molecule has 1 aromatic carbocycles. The second kappa shape index (κ2) is 7.92. The smallest absolute Gasteiger partial charge is 0.329 e. The molecule has 2 N–H and O–H groups in total. The highest BCUT2D eigenvalue weighted by Crippen LogP contribution is 2.21. The standard InChI is InChI=1S/C16H20FNO5/c17-12-4-1-2-5-13(12)23-9-3-6-14(19)18-16(15(20)21)7-10-22-11-8-16/h1-2,4-5H,3,6-11H2,(H,18,19)(H,20,21). The highest BCUT2D eigenvalue weighted by atomic mass is 19.1. The molecule has 23 heavy (non-hydrogen) atoms. The van der Waals surface area contributed by atoms with Crippen LogP contribution in [0, 0.1) is 5.82 Å². The number of hydrogen-bond acceptors (Lipinski definition) is 4. The number of para-hydroxylation sites is 1. The van der Waals surface area contributed by atoms with Crippen LogP contribution in [0.2, 0.25) is 0 Å². The number of rotatable bonds is 7. The number of carbonyl (C=O) groups excluding carboxylic acids is 1. The van der Waals surface area contributed by atoms with Gasteiger partial charge in [-0.2, -0.15) is 0 Å². The summed E-state index contributed by atoms with van der Waals surface area (Å²) in [7, 11) is 0. The van der Waals surface area contributed by atoms with Crippen LogP contribution in [0.25, 0.3) is 0 Å². The van der Waals surface area contributed by atoms with Gasteiger partial charge in [-0.3, -0.25) is 4.79 Å². The van der Waals surface area contributed by atoms with Crippen LogP contribution in [0.5, 0.6) is 5.75 Å². The van der Waals surface area contributed by atoms with E-state index in [0.29, 0.717) is 19.6 Å². The maximum Gasteiger partial charge on any atom is 0.329 e. The maximum absolute atomic E-state index is 13.3. The molecule has 0 saturated carbocycles. The average molecular weight is 325 g/mol. The Bertz CT molecular complexity index is 557. The Labute approximate surface area is 133 Å². The molecule has 1 fully saturated rings. The van der Waals surface area contributed by atoms with Gasteiger partial charge >= 0.3 is 5.97 Å². The van der Waals surface area contributed by atoms with Crippen molar-refractivity contribution in [2.75, 3.05) is 19.8 Å². The molecule has 1 amide bonds. The monoisotopic (exact) mass is 325 g/mol. The summed E-state index contributed by atoms with van der Waals surface area (Å²) < 4.78 is 23.7. The number of halogens is 1. The third-order valence-electron chi connectivity index (χ3n) is 3.78. The predicted octanol–water partition coefficient (Wildman–Crippen LogP) is 1.73. The zero-order valence-electron chi connectivity index (χ0n) is 12.7. The van der Waals surface area contributed by atoms with Crippen molar-refractivity contribution in [3.05, 3.63) is 30.1 Å². The minimum atomic E-state index is -1.25. The van der Waals surface area contributed by atoms with Gasteiger partial charge in [0.1, 0.15) is 5.54 Å². The summed E-state index contributed by atoms with van der Waals surface area (Å²) in [6.07, 6.45) is 0.982. The van der Waals surface area contributed by atoms with Crippen molar-refractivity contribution in [2.45, 2.75) is 31.2 Å². The van der Waals surface area contributed by atoms with Gasteiger partial charge in [-0.1, -0.05) is 12.1 Å². The Kier molecular flexibility index (Phi) is 5.92. The summed E-state index contributed by atoms with van der Waals surface area (Å²) >= 11 is 0. The second-order valence-corrected chi connectivity index (χ2v) is 5.43. The number of aliphatic carboxylic acids is 1. The summed E-state index contributed by atoms with van der Waals surface area (Å²) in [4.78, 5) is 23.4. The van der Waals surface area contributed by atoms with E-state index in [1.54, 1.807) is 12.1 Å². The van der Waals surface area contributed by atoms with Crippen molar-refractivity contribution >= 4 is 11.9 Å². The van der Waals surface area contributed by atoms with Crippen molar-refractivity contribution < 1.29 is 28.6 Å². The number of nitrogens with one attached hydrogen (secondary N) is 1. The first-order valence-electron chi connectivity index (χ1n) is 7.53. The lowest BCUT2D eigenvalue weighted by atomic mass is 9.90. The van der Waals surface area contributed by atoms with Crippen molar-refractivity contribution in [2.24, 2.45) is 0 Å². The molecule has 0 atom stereocenters. The van der Waals surface area contributed by atoms with E-state index < -0.39 is 17.3 Å². The first-order valence-corrected chi connectivity index (χ1v) is 7.53. The van der Waals surface area contributed by atoms with Crippen LogP contribution in [0.15, 0.2) is 24.3 Å². The third kappa shape index (κ3) is 4.66. The van der Waals surface area contributed by atoms with Crippen molar-refractivity contribution in [3.63, 3.8) is 0 Å². The average Bonchev–Trinajstić information content (AvgIpc) is 2.54. The van der Waals surface area contributed by atoms with Gasteiger partial charge in [0.25, 0.3) is 0 Å². The number of ether oxygens (including phenoxy) is 2. The summed E-state index contributed by atoms with van der Waals surface area (Å²) in [5.74, 6) is -1.72. The minimum absolute atomic E-state index is 0.115. The molecule has 0 radical (unpaired) electrons. The molecule has 1 saturated heterocycles. The fraction of sp³-hybridized carbons (Fsp3) is 0.500. The maximum atomic E-state index is 13.3. The lowest BCUT2D eigenvalue weighted by molar-refractivity contribution is -0.152. The third-order valence-corrected chi connectivity index (χ3v) is 3.78. The molecule has 0 aromatic heterocycles. The van der Waals surface area contributed by atoms with E-state index in [1.165, 1.54) is 12.1 Å².